The Bertz CT molecular complexity index is 1130. The molecule has 0 heterocycles. The topological polar surface area (TPSA) is 86.2 Å². The first-order valence-corrected chi connectivity index (χ1v) is 10.5. The van der Waals surface area contributed by atoms with Crippen LogP contribution in [0, 0.1) is 0 Å². The van der Waals surface area contributed by atoms with Gasteiger partial charge in [0.1, 0.15) is 5.75 Å². The monoisotopic (exact) mass is 496 g/mol. The smallest absolute Gasteiger partial charge is 0.343 e. The van der Waals surface area contributed by atoms with Crippen LogP contribution in [0.15, 0.2) is 76.3 Å². The highest BCUT2D eigenvalue weighted by Crippen LogP contribution is 2.28. The Morgan fingerprint density at radius 2 is 1.75 bits per heavy atom. The number of hydrazone groups is 1. The van der Waals surface area contributed by atoms with Gasteiger partial charge in [-0.2, -0.15) is 5.10 Å². The Morgan fingerprint density at radius 1 is 1.00 bits per heavy atom. The van der Waals surface area contributed by atoms with Crippen LogP contribution in [0.1, 0.15) is 33.2 Å². The van der Waals surface area contributed by atoms with Gasteiger partial charge in [0.05, 0.1) is 31.1 Å². The van der Waals surface area contributed by atoms with Gasteiger partial charge in [-0.1, -0.05) is 34.1 Å². The van der Waals surface area contributed by atoms with E-state index >= 15 is 0 Å². The lowest BCUT2D eigenvalue weighted by Crippen LogP contribution is -2.18. The van der Waals surface area contributed by atoms with E-state index in [0.717, 1.165) is 4.47 Å². The SMILES string of the molecule is CCOc1ccc(Br)cc1C(=O)NN=Cc1ccc(OC(=O)c2ccccc2)c(OC)c1. The minimum Gasteiger partial charge on any atom is -0.493 e. The van der Waals surface area contributed by atoms with E-state index in [-0.39, 0.29) is 5.75 Å². The number of amides is 1. The van der Waals surface area contributed by atoms with Crippen molar-refractivity contribution in [2.45, 2.75) is 6.92 Å². The average molecular weight is 497 g/mol. The van der Waals surface area contributed by atoms with Gasteiger partial charge in [0.15, 0.2) is 11.5 Å². The third kappa shape index (κ3) is 5.95. The normalized spacial score (nSPS) is 10.6. The number of ether oxygens (including phenoxy) is 3. The first kappa shape index (κ1) is 23.0. The van der Waals surface area contributed by atoms with Crippen molar-refractivity contribution in [2.75, 3.05) is 13.7 Å². The zero-order valence-electron chi connectivity index (χ0n) is 17.5. The van der Waals surface area contributed by atoms with Gasteiger partial charge in [-0.05, 0) is 61.0 Å². The molecule has 164 valence electrons. The summed E-state index contributed by atoms with van der Waals surface area (Å²) in [6.45, 7) is 2.28. The van der Waals surface area contributed by atoms with E-state index in [2.05, 4.69) is 26.5 Å². The van der Waals surface area contributed by atoms with Gasteiger partial charge in [0.2, 0.25) is 0 Å². The summed E-state index contributed by atoms with van der Waals surface area (Å²) < 4.78 is 17.0. The van der Waals surface area contributed by atoms with Gasteiger partial charge in [0, 0.05) is 4.47 Å². The molecule has 32 heavy (non-hydrogen) atoms. The standard InChI is InChI=1S/C24H21BrN2O5/c1-3-31-20-12-10-18(25)14-19(20)23(28)27-26-15-16-9-11-21(22(13-16)30-2)32-24(29)17-7-5-4-6-8-17/h4-15H,3H2,1-2H3,(H,27,28). The first-order valence-electron chi connectivity index (χ1n) is 9.72. The highest BCUT2D eigenvalue weighted by atomic mass is 79.9. The molecule has 0 aliphatic carbocycles. The highest BCUT2D eigenvalue weighted by molar-refractivity contribution is 9.10. The first-order chi connectivity index (χ1) is 15.5. The van der Waals surface area contributed by atoms with Crippen LogP contribution in [0.5, 0.6) is 17.2 Å². The van der Waals surface area contributed by atoms with Crippen LogP contribution in [0.2, 0.25) is 0 Å². The Hall–Kier alpha value is -3.65. The average Bonchev–Trinajstić information content (AvgIpc) is 2.81. The molecule has 0 unspecified atom stereocenters. The molecular weight excluding hydrogens is 476 g/mol. The Kier molecular flexibility index (Phi) is 7.99. The molecule has 0 saturated carbocycles. The highest BCUT2D eigenvalue weighted by Gasteiger charge is 2.14. The minimum atomic E-state index is -0.489. The lowest BCUT2D eigenvalue weighted by molar-refractivity contribution is 0.0729. The third-order valence-electron chi connectivity index (χ3n) is 4.27. The van der Waals surface area contributed by atoms with Gasteiger partial charge in [-0.15, -0.1) is 0 Å². The maximum absolute atomic E-state index is 12.5. The van der Waals surface area contributed by atoms with Crippen LogP contribution in [0.25, 0.3) is 0 Å². The molecule has 7 nitrogen and oxygen atoms in total. The Balaban J connectivity index is 1.69. The maximum atomic E-state index is 12.5. The molecule has 0 radical (unpaired) electrons. The summed E-state index contributed by atoms with van der Waals surface area (Å²) in [4.78, 5) is 24.8. The largest absolute Gasteiger partial charge is 0.493 e. The fourth-order valence-electron chi connectivity index (χ4n) is 2.77. The van der Waals surface area contributed by atoms with Crippen molar-refractivity contribution >= 4 is 34.0 Å². The van der Waals surface area contributed by atoms with Crippen LogP contribution in [-0.2, 0) is 0 Å². The zero-order valence-corrected chi connectivity index (χ0v) is 19.1. The van der Waals surface area contributed by atoms with Crippen LogP contribution >= 0.6 is 15.9 Å². The van der Waals surface area contributed by atoms with Crippen LogP contribution in [0.4, 0.5) is 0 Å². The van der Waals surface area contributed by atoms with Gasteiger partial charge >= 0.3 is 5.97 Å². The quantitative estimate of drug-likeness (QED) is 0.208. The van der Waals surface area contributed by atoms with E-state index in [1.165, 1.54) is 13.3 Å². The molecule has 0 saturated heterocycles. The molecule has 3 aromatic rings. The number of halogens is 1. The van der Waals surface area contributed by atoms with Crippen LogP contribution in [0.3, 0.4) is 0 Å². The van der Waals surface area contributed by atoms with E-state index in [4.69, 9.17) is 14.2 Å². The summed E-state index contributed by atoms with van der Waals surface area (Å²) >= 11 is 3.35. The fraction of sp³-hybridized carbons (Fsp3) is 0.125. The van der Waals surface area contributed by atoms with Gasteiger partial charge in [0.25, 0.3) is 5.91 Å². The predicted octanol–water partition coefficient (Wildman–Crippen LogP) is 4.84. The van der Waals surface area contributed by atoms with Crippen molar-refractivity contribution in [3.05, 3.63) is 87.9 Å². The molecule has 0 spiro atoms. The van der Waals surface area contributed by atoms with E-state index < -0.39 is 11.9 Å². The number of hydrogen-bond acceptors (Lipinski definition) is 6. The van der Waals surface area contributed by atoms with Crippen molar-refractivity contribution in [1.82, 2.24) is 5.43 Å². The maximum Gasteiger partial charge on any atom is 0.343 e. The van der Waals surface area contributed by atoms with Crippen molar-refractivity contribution in [3.63, 3.8) is 0 Å². The number of rotatable bonds is 8. The molecule has 8 heteroatoms. The lowest BCUT2D eigenvalue weighted by Gasteiger charge is -2.10. The predicted molar refractivity (Wildman–Crippen MR) is 125 cm³/mol. The minimum absolute atomic E-state index is 0.276. The number of nitrogens with one attached hydrogen (secondary N) is 1. The zero-order chi connectivity index (χ0) is 22.9. The van der Waals surface area contributed by atoms with Crippen LogP contribution in [-0.4, -0.2) is 31.8 Å². The molecule has 0 atom stereocenters. The Labute approximate surface area is 194 Å². The second-order valence-corrected chi connectivity index (χ2v) is 7.35. The number of nitrogens with zero attached hydrogens (tertiary/aromatic N) is 1. The molecular formula is C24H21BrN2O5. The van der Waals surface area contributed by atoms with Gasteiger partial charge in [-0.3, -0.25) is 4.79 Å². The number of hydrogen-bond donors (Lipinski definition) is 1. The molecule has 0 fully saturated rings. The van der Waals surface area contributed by atoms with Crippen molar-refractivity contribution in [2.24, 2.45) is 5.10 Å². The summed E-state index contributed by atoms with van der Waals surface area (Å²) in [6.07, 6.45) is 1.46. The van der Waals surface area contributed by atoms with E-state index in [9.17, 15) is 9.59 Å². The summed E-state index contributed by atoms with van der Waals surface area (Å²) in [6, 6.07) is 18.8. The lowest BCUT2D eigenvalue weighted by atomic mass is 10.2. The molecule has 1 amide bonds. The van der Waals surface area contributed by atoms with E-state index in [0.29, 0.717) is 34.8 Å². The molecule has 0 aliphatic heterocycles. The summed E-state index contributed by atoms with van der Waals surface area (Å²) in [5.41, 5.74) is 3.92. The molecule has 0 bridgehead atoms. The Morgan fingerprint density at radius 3 is 2.47 bits per heavy atom. The summed E-state index contributed by atoms with van der Waals surface area (Å²) in [5.74, 6) is 0.200. The molecule has 0 aromatic heterocycles. The van der Waals surface area contributed by atoms with Gasteiger partial charge in [-0.25, -0.2) is 10.2 Å². The number of benzene rings is 3. The fourth-order valence-corrected chi connectivity index (χ4v) is 3.13. The van der Waals surface area contributed by atoms with E-state index in [1.807, 2.05) is 13.0 Å². The molecule has 3 aromatic carbocycles. The molecule has 3 rings (SSSR count). The second kappa shape index (κ2) is 11.1. The number of carbonyl (C=O) groups is 2. The van der Waals surface area contributed by atoms with E-state index in [1.54, 1.807) is 60.7 Å². The van der Waals surface area contributed by atoms with Crippen molar-refractivity contribution in [3.8, 4) is 17.2 Å². The third-order valence-corrected chi connectivity index (χ3v) is 4.76. The summed E-state index contributed by atoms with van der Waals surface area (Å²) in [5, 5.41) is 4.00. The molecule has 0 aliphatic rings. The summed E-state index contributed by atoms with van der Waals surface area (Å²) in [7, 11) is 1.47. The van der Waals surface area contributed by atoms with Crippen molar-refractivity contribution in [1.29, 1.82) is 0 Å². The van der Waals surface area contributed by atoms with Gasteiger partial charge < -0.3 is 14.2 Å². The number of methoxy groups -OCH3 is 1. The number of esters is 1. The second-order valence-electron chi connectivity index (χ2n) is 6.44. The number of carbonyl (C=O) groups excluding carboxylic acids is 2. The van der Waals surface area contributed by atoms with Crippen LogP contribution < -0.4 is 19.6 Å². The van der Waals surface area contributed by atoms with Crippen molar-refractivity contribution < 1.29 is 23.8 Å². The molecule has 1 N–H and O–H groups in total.